The molecule has 1 amide bonds. The van der Waals surface area contributed by atoms with Gasteiger partial charge < -0.3 is 15.4 Å². The summed E-state index contributed by atoms with van der Waals surface area (Å²) in [6.07, 6.45) is 2.84. The average Bonchev–Trinajstić information content (AvgIpc) is 2.89. The summed E-state index contributed by atoms with van der Waals surface area (Å²) in [6.45, 7) is 3.81. The van der Waals surface area contributed by atoms with Crippen LogP contribution >= 0.6 is 15.9 Å². The molecule has 1 aliphatic heterocycles. The minimum absolute atomic E-state index is 0.112. The van der Waals surface area contributed by atoms with Crippen molar-refractivity contribution in [3.05, 3.63) is 22.7 Å². The molecule has 1 aromatic rings. The van der Waals surface area contributed by atoms with E-state index in [9.17, 15) is 4.79 Å². The SMILES string of the molecule is CCCC1(C(=O)Nc2ccc(OC)c(Br)c2)CCNC1. The Morgan fingerprint density at radius 3 is 2.90 bits per heavy atom. The highest BCUT2D eigenvalue weighted by Crippen LogP contribution is 2.34. The molecule has 4 nitrogen and oxygen atoms in total. The second kappa shape index (κ2) is 6.59. The molecule has 5 heteroatoms. The summed E-state index contributed by atoms with van der Waals surface area (Å²) in [5.41, 5.74) is 0.534. The predicted octanol–water partition coefficient (Wildman–Crippen LogP) is 3.18. The van der Waals surface area contributed by atoms with Gasteiger partial charge in [0, 0.05) is 12.2 Å². The quantitative estimate of drug-likeness (QED) is 0.865. The molecule has 1 heterocycles. The molecule has 1 atom stereocenters. The van der Waals surface area contributed by atoms with Gasteiger partial charge in [0.15, 0.2) is 0 Å². The Hall–Kier alpha value is -1.07. The third kappa shape index (κ3) is 3.15. The summed E-state index contributed by atoms with van der Waals surface area (Å²) in [6, 6.07) is 5.58. The lowest BCUT2D eigenvalue weighted by molar-refractivity contribution is -0.125. The second-order valence-electron chi connectivity index (χ2n) is 5.26. The monoisotopic (exact) mass is 340 g/mol. The van der Waals surface area contributed by atoms with Gasteiger partial charge in [-0.25, -0.2) is 0 Å². The molecule has 0 spiro atoms. The number of methoxy groups -OCH3 is 1. The van der Waals surface area contributed by atoms with Crippen LogP contribution in [0.3, 0.4) is 0 Å². The maximum absolute atomic E-state index is 12.6. The van der Waals surface area contributed by atoms with Gasteiger partial charge in [-0.05, 0) is 53.5 Å². The van der Waals surface area contributed by atoms with Crippen molar-refractivity contribution >= 4 is 27.5 Å². The lowest BCUT2D eigenvalue weighted by Crippen LogP contribution is -2.38. The van der Waals surface area contributed by atoms with Crippen molar-refractivity contribution < 1.29 is 9.53 Å². The average molecular weight is 341 g/mol. The summed E-state index contributed by atoms with van der Waals surface area (Å²) in [5.74, 6) is 0.871. The number of amides is 1. The first kappa shape index (κ1) is 15.3. The molecule has 1 saturated heterocycles. The number of rotatable bonds is 5. The van der Waals surface area contributed by atoms with Crippen molar-refractivity contribution in [1.29, 1.82) is 0 Å². The molecule has 1 aliphatic rings. The van der Waals surface area contributed by atoms with Crippen molar-refractivity contribution in [2.75, 3.05) is 25.5 Å². The van der Waals surface area contributed by atoms with Crippen molar-refractivity contribution in [3.63, 3.8) is 0 Å². The van der Waals surface area contributed by atoms with E-state index in [0.29, 0.717) is 0 Å². The van der Waals surface area contributed by atoms with E-state index in [4.69, 9.17) is 4.74 Å². The van der Waals surface area contributed by atoms with Crippen LogP contribution in [0.5, 0.6) is 5.75 Å². The van der Waals surface area contributed by atoms with Gasteiger partial charge in [0.25, 0.3) is 0 Å². The fourth-order valence-corrected chi connectivity index (χ4v) is 3.29. The Morgan fingerprint density at radius 2 is 2.35 bits per heavy atom. The van der Waals surface area contributed by atoms with Crippen molar-refractivity contribution in [2.45, 2.75) is 26.2 Å². The fraction of sp³-hybridized carbons (Fsp3) is 0.533. The van der Waals surface area contributed by atoms with Gasteiger partial charge in [-0.1, -0.05) is 13.3 Å². The predicted molar refractivity (Wildman–Crippen MR) is 84.2 cm³/mol. The van der Waals surface area contributed by atoms with Crippen molar-refractivity contribution in [3.8, 4) is 5.75 Å². The third-order valence-corrected chi connectivity index (χ3v) is 4.48. The zero-order valence-electron chi connectivity index (χ0n) is 12.0. The highest BCUT2D eigenvalue weighted by Gasteiger charge is 2.40. The van der Waals surface area contributed by atoms with E-state index in [1.165, 1.54) is 0 Å². The van der Waals surface area contributed by atoms with Crippen LogP contribution in [0.25, 0.3) is 0 Å². The Morgan fingerprint density at radius 1 is 1.55 bits per heavy atom. The first-order valence-electron chi connectivity index (χ1n) is 6.97. The van der Waals surface area contributed by atoms with Crippen LogP contribution < -0.4 is 15.4 Å². The summed E-state index contributed by atoms with van der Waals surface area (Å²) in [5, 5.41) is 6.34. The minimum Gasteiger partial charge on any atom is -0.496 e. The lowest BCUT2D eigenvalue weighted by atomic mass is 9.81. The minimum atomic E-state index is -0.263. The molecule has 2 rings (SSSR count). The van der Waals surface area contributed by atoms with Crippen molar-refractivity contribution in [1.82, 2.24) is 5.32 Å². The first-order chi connectivity index (χ1) is 9.61. The maximum Gasteiger partial charge on any atom is 0.231 e. The number of nitrogens with one attached hydrogen (secondary N) is 2. The Labute approximate surface area is 128 Å². The largest absolute Gasteiger partial charge is 0.496 e. The molecule has 1 aromatic carbocycles. The summed E-state index contributed by atoms with van der Waals surface area (Å²) < 4.78 is 6.03. The maximum atomic E-state index is 12.6. The lowest BCUT2D eigenvalue weighted by Gasteiger charge is -2.26. The van der Waals surface area contributed by atoms with E-state index in [0.717, 1.165) is 48.3 Å². The van der Waals surface area contributed by atoms with Crippen LogP contribution in [-0.4, -0.2) is 26.1 Å². The number of hydrogen-bond acceptors (Lipinski definition) is 3. The van der Waals surface area contributed by atoms with Crippen molar-refractivity contribution in [2.24, 2.45) is 5.41 Å². The van der Waals surface area contributed by atoms with Gasteiger partial charge in [-0.3, -0.25) is 4.79 Å². The molecule has 110 valence electrons. The van der Waals surface area contributed by atoms with Crippen LogP contribution in [0, 0.1) is 5.41 Å². The summed E-state index contributed by atoms with van der Waals surface area (Å²) in [7, 11) is 1.62. The number of anilines is 1. The van der Waals surface area contributed by atoms with E-state index < -0.39 is 0 Å². The highest BCUT2D eigenvalue weighted by atomic mass is 79.9. The van der Waals surface area contributed by atoms with E-state index in [2.05, 4.69) is 33.5 Å². The third-order valence-electron chi connectivity index (χ3n) is 3.86. The Balaban J connectivity index is 2.12. The second-order valence-corrected chi connectivity index (χ2v) is 6.11. The fourth-order valence-electron chi connectivity index (χ4n) is 2.75. The molecule has 0 bridgehead atoms. The molecule has 0 aliphatic carbocycles. The van der Waals surface area contributed by atoms with Gasteiger partial charge in [-0.15, -0.1) is 0 Å². The number of hydrogen-bond donors (Lipinski definition) is 2. The highest BCUT2D eigenvalue weighted by molar-refractivity contribution is 9.10. The standard InChI is InChI=1S/C15H21BrN2O2/c1-3-6-15(7-8-17-10-15)14(19)18-11-4-5-13(20-2)12(16)9-11/h4-5,9,17H,3,6-8,10H2,1-2H3,(H,18,19). The smallest absolute Gasteiger partial charge is 0.231 e. The Kier molecular flexibility index (Phi) is 5.05. The number of carbonyl (C=O) groups excluding carboxylic acids is 1. The molecule has 0 aromatic heterocycles. The Bertz CT molecular complexity index is 485. The van der Waals surface area contributed by atoms with Gasteiger partial charge in [0.05, 0.1) is 17.0 Å². The molecule has 2 N–H and O–H groups in total. The molecule has 1 fully saturated rings. The summed E-state index contributed by atoms with van der Waals surface area (Å²) in [4.78, 5) is 12.6. The first-order valence-corrected chi connectivity index (χ1v) is 7.76. The van der Waals surface area contributed by atoms with E-state index in [1.54, 1.807) is 7.11 Å². The number of benzene rings is 1. The number of carbonyl (C=O) groups is 1. The van der Waals surface area contributed by atoms with Gasteiger partial charge in [-0.2, -0.15) is 0 Å². The molecule has 20 heavy (non-hydrogen) atoms. The van der Waals surface area contributed by atoms with E-state index >= 15 is 0 Å². The zero-order valence-corrected chi connectivity index (χ0v) is 13.5. The molecular weight excluding hydrogens is 320 g/mol. The van der Waals surface area contributed by atoms with Crippen LogP contribution in [0.15, 0.2) is 22.7 Å². The van der Waals surface area contributed by atoms with Gasteiger partial charge >= 0.3 is 0 Å². The topological polar surface area (TPSA) is 50.4 Å². The van der Waals surface area contributed by atoms with Gasteiger partial charge in [0.2, 0.25) is 5.91 Å². The van der Waals surface area contributed by atoms with E-state index in [-0.39, 0.29) is 11.3 Å². The van der Waals surface area contributed by atoms with Crippen LogP contribution in [0.2, 0.25) is 0 Å². The van der Waals surface area contributed by atoms with E-state index in [1.807, 2.05) is 18.2 Å². The van der Waals surface area contributed by atoms with Gasteiger partial charge in [0.1, 0.15) is 5.75 Å². The molecule has 0 radical (unpaired) electrons. The normalized spacial score (nSPS) is 21.8. The number of ether oxygens (including phenoxy) is 1. The molecular formula is C15H21BrN2O2. The summed E-state index contributed by atoms with van der Waals surface area (Å²) >= 11 is 3.44. The molecule has 1 unspecified atom stereocenters. The molecule has 0 saturated carbocycles. The van der Waals surface area contributed by atoms with Crippen LogP contribution in [-0.2, 0) is 4.79 Å². The van der Waals surface area contributed by atoms with Crippen LogP contribution in [0.4, 0.5) is 5.69 Å². The zero-order chi connectivity index (χ0) is 14.6. The van der Waals surface area contributed by atoms with Crippen LogP contribution in [0.1, 0.15) is 26.2 Å². The number of halogens is 1.